The van der Waals surface area contributed by atoms with Gasteiger partial charge in [-0.25, -0.2) is 0 Å². The summed E-state index contributed by atoms with van der Waals surface area (Å²) in [6.07, 6.45) is 2.37. The number of benzene rings is 1. The minimum Gasteiger partial charge on any atom is -0.325 e. The van der Waals surface area contributed by atoms with Gasteiger partial charge >= 0.3 is 0 Å². The van der Waals surface area contributed by atoms with E-state index in [4.69, 9.17) is 11.6 Å². The van der Waals surface area contributed by atoms with E-state index in [1.165, 1.54) is 12.8 Å². The fourth-order valence-corrected chi connectivity index (χ4v) is 1.62. The first kappa shape index (κ1) is 11.4. The second kappa shape index (κ2) is 4.85. The number of hydrogen-bond donors (Lipinski definition) is 2. The third-order valence-electron chi connectivity index (χ3n) is 2.60. The molecule has 2 rings (SSSR count). The summed E-state index contributed by atoms with van der Waals surface area (Å²) in [4.78, 5) is 11.6. The van der Waals surface area contributed by atoms with E-state index in [9.17, 15) is 4.79 Å². The molecule has 1 saturated carbocycles. The SMILES string of the molecule is Cc1ccc(Cl)cc1NC(=O)CNC1CC1. The molecule has 0 aromatic heterocycles. The first-order valence-electron chi connectivity index (χ1n) is 5.44. The van der Waals surface area contributed by atoms with Crippen molar-refractivity contribution in [3.05, 3.63) is 28.8 Å². The van der Waals surface area contributed by atoms with E-state index in [0.29, 0.717) is 17.6 Å². The summed E-state index contributed by atoms with van der Waals surface area (Å²) in [5, 5.41) is 6.65. The summed E-state index contributed by atoms with van der Waals surface area (Å²) < 4.78 is 0. The smallest absolute Gasteiger partial charge is 0.238 e. The molecule has 0 radical (unpaired) electrons. The van der Waals surface area contributed by atoms with Crippen LogP contribution in [0.3, 0.4) is 0 Å². The van der Waals surface area contributed by atoms with Crippen LogP contribution in [0.25, 0.3) is 0 Å². The molecule has 1 fully saturated rings. The van der Waals surface area contributed by atoms with Crippen LogP contribution in [-0.4, -0.2) is 18.5 Å². The Bertz CT molecular complexity index is 402. The highest BCUT2D eigenvalue weighted by atomic mass is 35.5. The Balaban J connectivity index is 1.91. The molecule has 1 aromatic rings. The highest BCUT2D eigenvalue weighted by Gasteiger charge is 2.21. The molecule has 1 aliphatic rings. The number of amides is 1. The maximum absolute atomic E-state index is 11.6. The lowest BCUT2D eigenvalue weighted by Crippen LogP contribution is -2.29. The molecular weight excluding hydrogens is 224 g/mol. The van der Waals surface area contributed by atoms with Gasteiger partial charge in [-0.15, -0.1) is 0 Å². The van der Waals surface area contributed by atoms with Crippen LogP contribution in [0, 0.1) is 6.92 Å². The average Bonchev–Trinajstić information content (AvgIpc) is 3.04. The molecule has 4 heteroatoms. The summed E-state index contributed by atoms with van der Waals surface area (Å²) in [6.45, 7) is 2.32. The van der Waals surface area contributed by atoms with Gasteiger partial charge in [0.15, 0.2) is 0 Å². The van der Waals surface area contributed by atoms with Crippen molar-refractivity contribution in [3.8, 4) is 0 Å². The first-order valence-corrected chi connectivity index (χ1v) is 5.82. The van der Waals surface area contributed by atoms with Gasteiger partial charge < -0.3 is 10.6 Å². The Hall–Kier alpha value is -1.06. The van der Waals surface area contributed by atoms with E-state index in [1.54, 1.807) is 6.07 Å². The molecule has 86 valence electrons. The highest BCUT2D eigenvalue weighted by Crippen LogP contribution is 2.20. The molecule has 1 aliphatic carbocycles. The molecule has 1 aromatic carbocycles. The third kappa shape index (κ3) is 3.22. The molecule has 0 spiro atoms. The molecule has 0 aliphatic heterocycles. The van der Waals surface area contributed by atoms with Gasteiger partial charge in [0.05, 0.1) is 6.54 Å². The molecular formula is C12H15ClN2O. The maximum atomic E-state index is 11.6. The molecule has 1 amide bonds. The van der Waals surface area contributed by atoms with Crippen LogP contribution in [0.15, 0.2) is 18.2 Å². The predicted octanol–water partition coefficient (Wildman–Crippen LogP) is 2.34. The zero-order chi connectivity index (χ0) is 11.5. The van der Waals surface area contributed by atoms with E-state index >= 15 is 0 Å². The van der Waals surface area contributed by atoms with Gasteiger partial charge in [0.1, 0.15) is 0 Å². The maximum Gasteiger partial charge on any atom is 0.238 e. The molecule has 0 heterocycles. The Labute approximate surface area is 100 Å². The van der Waals surface area contributed by atoms with Crippen LogP contribution >= 0.6 is 11.6 Å². The number of hydrogen-bond acceptors (Lipinski definition) is 2. The number of aryl methyl sites for hydroxylation is 1. The molecule has 3 nitrogen and oxygen atoms in total. The highest BCUT2D eigenvalue weighted by molar-refractivity contribution is 6.31. The van der Waals surface area contributed by atoms with E-state index in [0.717, 1.165) is 11.3 Å². The van der Waals surface area contributed by atoms with Crippen molar-refractivity contribution >= 4 is 23.2 Å². The number of nitrogens with one attached hydrogen (secondary N) is 2. The molecule has 0 saturated heterocycles. The lowest BCUT2D eigenvalue weighted by molar-refractivity contribution is -0.115. The summed E-state index contributed by atoms with van der Waals surface area (Å²) >= 11 is 5.87. The van der Waals surface area contributed by atoms with Crippen molar-refractivity contribution in [1.82, 2.24) is 5.32 Å². The summed E-state index contributed by atoms with van der Waals surface area (Å²) in [6, 6.07) is 6.03. The standard InChI is InChI=1S/C12H15ClN2O/c1-8-2-3-9(13)6-11(8)15-12(16)7-14-10-4-5-10/h2-3,6,10,14H,4-5,7H2,1H3,(H,15,16). The first-order chi connectivity index (χ1) is 7.65. The van der Waals surface area contributed by atoms with Crippen molar-refractivity contribution in [1.29, 1.82) is 0 Å². The fourth-order valence-electron chi connectivity index (χ4n) is 1.45. The van der Waals surface area contributed by atoms with Gasteiger partial charge in [-0.05, 0) is 37.5 Å². The summed E-state index contributed by atoms with van der Waals surface area (Å²) in [5.74, 6) is -0.0164. The Kier molecular flexibility index (Phi) is 3.46. The van der Waals surface area contributed by atoms with Crippen molar-refractivity contribution in [2.24, 2.45) is 0 Å². The van der Waals surface area contributed by atoms with Crippen LogP contribution in [0.5, 0.6) is 0 Å². The number of halogens is 1. The number of anilines is 1. The van der Waals surface area contributed by atoms with Crippen LogP contribution < -0.4 is 10.6 Å². The molecule has 2 N–H and O–H groups in total. The molecule has 0 atom stereocenters. The number of carbonyl (C=O) groups is 1. The molecule has 0 unspecified atom stereocenters. The van der Waals surface area contributed by atoms with Gasteiger partial charge in [-0.3, -0.25) is 4.79 Å². The van der Waals surface area contributed by atoms with Crippen LogP contribution in [-0.2, 0) is 4.79 Å². The number of rotatable bonds is 4. The van der Waals surface area contributed by atoms with E-state index in [1.807, 2.05) is 19.1 Å². The summed E-state index contributed by atoms with van der Waals surface area (Å²) in [7, 11) is 0. The van der Waals surface area contributed by atoms with E-state index in [-0.39, 0.29) is 5.91 Å². The monoisotopic (exact) mass is 238 g/mol. The van der Waals surface area contributed by atoms with Gasteiger partial charge in [0.25, 0.3) is 0 Å². The second-order valence-electron chi connectivity index (χ2n) is 4.16. The Morgan fingerprint density at radius 3 is 2.94 bits per heavy atom. The van der Waals surface area contributed by atoms with Gasteiger partial charge in [0, 0.05) is 16.8 Å². The lowest BCUT2D eigenvalue weighted by Gasteiger charge is -2.09. The van der Waals surface area contributed by atoms with Crippen LogP contribution in [0.4, 0.5) is 5.69 Å². The molecule has 0 bridgehead atoms. The minimum absolute atomic E-state index is 0.0164. The normalized spacial score (nSPS) is 14.9. The van der Waals surface area contributed by atoms with Crippen molar-refractivity contribution < 1.29 is 4.79 Å². The molecule has 16 heavy (non-hydrogen) atoms. The van der Waals surface area contributed by atoms with Crippen LogP contribution in [0.2, 0.25) is 5.02 Å². The van der Waals surface area contributed by atoms with Crippen molar-refractivity contribution in [3.63, 3.8) is 0 Å². The predicted molar refractivity (Wildman–Crippen MR) is 65.8 cm³/mol. The average molecular weight is 239 g/mol. The second-order valence-corrected chi connectivity index (χ2v) is 4.60. The summed E-state index contributed by atoms with van der Waals surface area (Å²) in [5.41, 5.74) is 1.80. The van der Waals surface area contributed by atoms with Crippen molar-refractivity contribution in [2.75, 3.05) is 11.9 Å². The quantitative estimate of drug-likeness (QED) is 0.846. The largest absolute Gasteiger partial charge is 0.325 e. The zero-order valence-electron chi connectivity index (χ0n) is 9.22. The topological polar surface area (TPSA) is 41.1 Å². The van der Waals surface area contributed by atoms with Gasteiger partial charge in [0.2, 0.25) is 5.91 Å². The van der Waals surface area contributed by atoms with Crippen molar-refractivity contribution in [2.45, 2.75) is 25.8 Å². The van der Waals surface area contributed by atoms with Gasteiger partial charge in [-0.2, -0.15) is 0 Å². The number of carbonyl (C=O) groups excluding carboxylic acids is 1. The van der Waals surface area contributed by atoms with Gasteiger partial charge in [-0.1, -0.05) is 17.7 Å². The van der Waals surface area contributed by atoms with E-state index < -0.39 is 0 Å². The fraction of sp³-hybridized carbons (Fsp3) is 0.417. The Morgan fingerprint density at radius 1 is 1.50 bits per heavy atom. The van der Waals surface area contributed by atoms with Crippen LogP contribution in [0.1, 0.15) is 18.4 Å². The lowest BCUT2D eigenvalue weighted by atomic mass is 10.2. The zero-order valence-corrected chi connectivity index (χ0v) is 9.97. The van der Waals surface area contributed by atoms with E-state index in [2.05, 4.69) is 10.6 Å². The Morgan fingerprint density at radius 2 is 2.25 bits per heavy atom. The minimum atomic E-state index is -0.0164. The third-order valence-corrected chi connectivity index (χ3v) is 2.84.